The summed E-state index contributed by atoms with van der Waals surface area (Å²) < 4.78 is 11.5. The fourth-order valence-electron chi connectivity index (χ4n) is 2.90. The predicted molar refractivity (Wildman–Crippen MR) is 82.4 cm³/mol. The zero-order valence-corrected chi connectivity index (χ0v) is 12.5. The number of ether oxygens (including phenoxy) is 1. The Bertz CT molecular complexity index is 761. The zero-order valence-electron chi connectivity index (χ0n) is 12.5. The molecule has 0 amide bonds. The van der Waals surface area contributed by atoms with Crippen LogP contribution in [0.1, 0.15) is 36.3 Å². The first-order chi connectivity index (χ1) is 11.4. The first-order valence-corrected chi connectivity index (χ1v) is 7.69. The highest BCUT2D eigenvalue weighted by molar-refractivity contribution is 5.40. The van der Waals surface area contributed by atoms with Crippen LogP contribution in [0.5, 0.6) is 0 Å². The number of rotatable bonds is 3. The molecular weight excluding hydrogens is 292 g/mol. The van der Waals surface area contributed by atoms with Crippen molar-refractivity contribution in [2.75, 3.05) is 6.61 Å². The second-order valence-corrected chi connectivity index (χ2v) is 5.48. The van der Waals surface area contributed by atoms with Crippen molar-refractivity contribution in [1.82, 2.24) is 20.1 Å². The molecule has 3 heterocycles. The van der Waals surface area contributed by atoms with Gasteiger partial charge in [-0.1, -0.05) is 35.5 Å². The average Bonchev–Trinajstić information content (AvgIpc) is 3.13. The van der Waals surface area contributed by atoms with E-state index in [-0.39, 0.29) is 12.0 Å². The number of hydrogen-bond donors (Lipinski definition) is 0. The normalized spacial score (nSPS) is 21.2. The van der Waals surface area contributed by atoms with Gasteiger partial charge in [0, 0.05) is 19.0 Å². The van der Waals surface area contributed by atoms with Crippen LogP contribution < -0.4 is 0 Å². The molecular formula is C17H16N4O2. The Kier molecular flexibility index (Phi) is 3.81. The van der Waals surface area contributed by atoms with E-state index in [9.17, 15) is 0 Å². The van der Waals surface area contributed by atoms with E-state index in [1.807, 2.05) is 18.2 Å². The number of nitrogens with zero attached hydrogens (tertiary/aromatic N) is 4. The van der Waals surface area contributed by atoms with Crippen LogP contribution in [0.2, 0.25) is 0 Å². The lowest BCUT2D eigenvalue weighted by Crippen LogP contribution is -2.21. The largest absolute Gasteiger partial charge is 0.373 e. The van der Waals surface area contributed by atoms with E-state index in [0.717, 1.165) is 25.0 Å². The summed E-state index contributed by atoms with van der Waals surface area (Å²) in [5.74, 6) is 1.52. The van der Waals surface area contributed by atoms with Crippen LogP contribution in [0.15, 0.2) is 53.3 Å². The molecule has 0 aliphatic carbocycles. The molecule has 1 saturated heterocycles. The third-order valence-corrected chi connectivity index (χ3v) is 3.98. The Morgan fingerprint density at radius 2 is 1.78 bits per heavy atom. The molecule has 4 rings (SSSR count). The summed E-state index contributed by atoms with van der Waals surface area (Å²) in [6.45, 7) is 0.749. The molecule has 2 aromatic heterocycles. The van der Waals surface area contributed by atoms with Gasteiger partial charge in [-0.05, 0) is 24.5 Å². The highest BCUT2D eigenvalue weighted by Gasteiger charge is 2.33. The van der Waals surface area contributed by atoms with Gasteiger partial charge in [0.2, 0.25) is 17.5 Å². The molecule has 0 radical (unpaired) electrons. The quantitative estimate of drug-likeness (QED) is 0.740. The summed E-state index contributed by atoms with van der Waals surface area (Å²) in [7, 11) is 0. The third-order valence-electron chi connectivity index (χ3n) is 3.98. The first-order valence-electron chi connectivity index (χ1n) is 7.69. The molecule has 1 aliphatic rings. The highest BCUT2D eigenvalue weighted by Crippen LogP contribution is 2.40. The summed E-state index contributed by atoms with van der Waals surface area (Å²) in [4.78, 5) is 12.8. The lowest BCUT2D eigenvalue weighted by molar-refractivity contribution is -0.0103. The smallest absolute Gasteiger partial charge is 0.240 e. The third kappa shape index (κ3) is 2.85. The first kappa shape index (κ1) is 14.0. The van der Waals surface area contributed by atoms with Gasteiger partial charge in [0.1, 0.15) is 0 Å². The van der Waals surface area contributed by atoms with Crippen molar-refractivity contribution in [3.8, 4) is 11.6 Å². The van der Waals surface area contributed by atoms with Gasteiger partial charge < -0.3 is 9.26 Å². The van der Waals surface area contributed by atoms with E-state index in [4.69, 9.17) is 9.26 Å². The minimum absolute atomic E-state index is 0.0520. The van der Waals surface area contributed by atoms with E-state index < -0.39 is 0 Å². The maximum Gasteiger partial charge on any atom is 0.240 e. The molecule has 116 valence electrons. The molecule has 23 heavy (non-hydrogen) atoms. The van der Waals surface area contributed by atoms with Gasteiger partial charge in [0.05, 0.1) is 12.0 Å². The van der Waals surface area contributed by atoms with Crippen LogP contribution in [0, 0.1) is 0 Å². The lowest BCUT2D eigenvalue weighted by Gasteiger charge is -2.29. The fraction of sp³-hybridized carbons (Fsp3) is 0.294. The van der Waals surface area contributed by atoms with E-state index in [2.05, 4.69) is 32.2 Å². The molecule has 6 nitrogen and oxygen atoms in total. The SMILES string of the molecule is c1ccc([C@@H]2OCCC[C@H]2c2nc(-c3ncccn3)no2)cc1. The monoisotopic (exact) mass is 308 g/mol. The minimum atomic E-state index is -0.0602. The summed E-state index contributed by atoms with van der Waals surface area (Å²) in [5.41, 5.74) is 1.13. The van der Waals surface area contributed by atoms with Crippen molar-refractivity contribution in [3.05, 3.63) is 60.2 Å². The molecule has 0 spiro atoms. The Balaban J connectivity index is 1.64. The summed E-state index contributed by atoms with van der Waals surface area (Å²) in [6.07, 6.45) is 5.20. The van der Waals surface area contributed by atoms with Crippen molar-refractivity contribution in [1.29, 1.82) is 0 Å². The van der Waals surface area contributed by atoms with Crippen molar-refractivity contribution in [2.24, 2.45) is 0 Å². The summed E-state index contributed by atoms with van der Waals surface area (Å²) >= 11 is 0. The van der Waals surface area contributed by atoms with Crippen LogP contribution in [0.25, 0.3) is 11.6 Å². The summed E-state index contributed by atoms with van der Waals surface area (Å²) in [5, 5.41) is 4.02. The van der Waals surface area contributed by atoms with E-state index in [0.29, 0.717) is 17.5 Å². The number of hydrogen-bond acceptors (Lipinski definition) is 6. The molecule has 0 saturated carbocycles. The molecule has 1 fully saturated rings. The van der Waals surface area contributed by atoms with E-state index in [1.165, 1.54) is 0 Å². The number of aromatic nitrogens is 4. The van der Waals surface area contributed by atoms with Gasteiger partial charge in [0.15, 0.2) is 0 Å². The minimum Gasteiger partial charge on any atom is -0.373 e. The Hall–Kier alpha value is -2.60. The molecule has 0 N–H and O–H groups in total. The van der Waals surface area contributed by atoms with Crippen molar-refractivity contribution < 1.29 is 9.26 Å². The maximum absolute atomic E-state index is 5.99. The Labute approximate surface area is 133 Å². The van der Waals surface area contributed by atoms with Crippen LogP contribution in [-0.2, 0) is 4.74 Å². The van der Waals surface area contributed by atoms with E-state index >= 15 is 0 Å². The lowest BCUT2D eigenvalue weighted by atomic mass is 9.89. The highest BCUT2D eigenvalue weighted by atomic mass is 16.5. The molecule has 6 heteroatoms. The van der Waals surface area contributed by atoms with Gasteiger partial charge in [-0.3, -0.25) is 0 Å². The second kappa shape index (κ2) is 6.26. The van der Waals surface area contributed by atoms with Gasteiger partial charge in [-0.2, -0.15) is 4.98 Å². The van der Waals surface area contributed by atoms with Crippen molar-refractivity contribution >= 4 is 0 Å². The summed E-state index contributed by atoms with van der Waals surface area (Å²) in [6, 6.07) is 11.9. The molecule has 3 aromatic rings. The van der Waals surface area contributed by atoms with Gasteiger partial charge in [-0.25, -0.2) is 9.97 Å². The molecule has 0 bridgehead atoms. The van der Waals surface area contributed by atoms with Crippen molar-refractivity contribution in [2.45, 2.75) is 24.9 Å². The van der Waals surface area contributed by atoms with Crippen LogP contribution in [-0.4, -0.2) is 26.7 Å². The number of benzene rings is 1. The topological polar surface area (TPSA) is 73.9 Å². The second-order valence-electron chi connectivity index (χ2n) is 5.48. The molecule has 2 atom stereocenters. The van der Waals surface area contributed by atoms with Gasteiger partial charge in [0.25, 0.3) is 0 Å². The molecule has 0 unspecified atom stereocenters. The fourth-order valence-corrected chi connectivity index (χ4v) is 2.90. The van der Waals surface area contributed by atoms with Gasteiger partial charge >= 0.3 is 0 Å². The molecule has 1 aromatic carbocycles. The maximum atomic E-state index is 5.99. The average molecular weight is 308 g/mol. The standard InChI is InChI=1S/C17H16N4O2/c1-2-6-12(7-3-1)14-13(8-4-11-22-14)17-20-16(21-23-17)15-18-9-5-10-19-15/h1-3,5-7,9-10,13-14H,4,8,11H2/t13-,14+/m1/s1. The van der Waals surface area contributed by atoms with Crippen molar-refractivity contribution in [3.63, 3.8) is 0 Å². The Morgan fingerprint density at radius 1 is 0.957 bits per heavy atom. The Morgan fingerprint density at radius 3 is 2.61 bits per heavy atom. The van der Waals surface area contributed by atoms with E-state index in [1.54, 1.807) is 18.5 Å². The molecule has 1 aliphatic heterocycles. The van der Waals surface area contributed by atoms with Crippen LogP contribution in [0.3, 0.4) is 0 Å². The zero-order chi connectivity index (χ0) is 15.5. The predicted octanol–water partition coefficient (Wildman–Crippen LogP) is 3.16. The van der Waals surface area contributed by atoms with Crippen LogP contribution in [0.4, 0.5) is 0 Å². The van der Waals surface area contributed by atoms with Crippen LogP contribution >= 0.6 is 0 Å². The van der Waals surface area contributed by atoms with Gasteiger partial charge in [-0.15, -0.1) is 0 Å².